The van der Waals surface area contributed by atoms with Crippen molar-refractivity contribution in [3.8, 4) is 0 Å². The molecule has 0 unspecified atom stereocenters. The molecule has 0 radical (unpaired) electrons. The Morgan fingerprint density at radius 1 is 1.07 bits per heavy atom. The van der Waals surface area contributed by atoms with Crippen molar-refractivity contribution in [2.75, 3.05) is 18.4 Å². The van der Waals surface area contributed by atoms with Crippen LogP contribution in [-0.2, 0) is 14.6 Å². The smallest absolute Gasteiger partial charge is 0.241 e. The fourth-order valence-electron chi connectivity index (χ4n) is 4.07. The van der Waals surface area contributed by atoms with Crippen LogP contribution < -0.4 is 10.6 Å². The van der Waals surface area contributed by atoms with E-state index in [1.807, 2.05) is 37.3 Å². The van der Waals surface area contributed by atoms with E-state index >= 15 is 0 Å². The standard InChI is InChI=1S/C23H31N3O3S/c1-18-10-11-19(2)20(17-18)30(28,29)23(12-4-5-13-23)22(27)26-16-8-7-15-25-21-9-3-6-14-24-21/h3,6,9-11,14,17H,4-5,7-8,12-13,15-16H2,1-2H3,(H,24,25)(H,26,27). The molecule has 7 heteroatoms. The Labute approximate surface area is 179 Å². The summed E-state index contributed by atoms with van der Waals surface area (Å²) in [7, 11) is -3.77. The van der Waals surface area contributed by atoms with Gasteiger partial charge in [0.25, 0.3) is 0 Å². The van der Waals surface area contributed by atoms with E-state index in [2.05, 4.69) is 15.6 Å². The number of amides is 1. The molecule has 1 aromatic carbocycles. The number of aromatic nitrogens is 1. The summed E-state index contributed by atoms with van der Waals surface area (Å²) in [6.45, 7) is 4.88. The maximum atomic E-state index is 13.6. The number of aryl methyl sites for hydroxylation is 2. The lowest BCUT2D eigenvalue weighted by atomic mass is 10.1. The van der Waals surface area contributed by atoms with Crippen LogP contribution >= 0.6 is 0 Å². The second-order valence-corrected chi connectivity index (χ2v) is 10.3. The maximum absolute atomic E-state index is 13.6. The lowest BCUT2D eigenvalue weighted by molar-refractivity contribution is -0.123. The van der Waals surface area contributed by atoms with Gasteiger partial charge in [-0.1, -0.05) is 31.0 Å². The molecule has 1 aromatic heterocycles. The van der Waals surface area contributed by atoms with Gasteiger partial charge in [0.1, 0.15) is 5.82 Å². The molecule has 162 valence electrons. The number of carbonyl (C=O) groups excluding carboxylic acids is 1. The molecular weight excluding hydrogens is 398 g/mol. The Balaban J connectivity index is 1.61. The van der Waals surface area contributed by atoms with Gasteiger partial charge in [0.05, 0.1) is 4.90 Å². The van der Waals surface area contributed by atoms with E-state index < -0.39 is 14.6 Å². The van der Waals surface area contributed by atoms with Crippen LogP contribution in [0.3, 0.4) is 0 Å². The van der Waals surface area contributed by atoms with Crippen LogP contribution in [-0.4, -0.2) is 37.1 Å². The van der Waals surface area contributed by atoms with Crippen LogP contribution in [0.2, 0.25) is 0 Å². The average Bonchev–Trinajstić information content (AvgIpc) is 3.25. The predicted molar refractivity (Wildman–Crippen MR) is 119 cm³/mol. The summed E-state index contributed by atoms with van der Waals surface area (Å²) in [4.78, 5) is 17.6. The van der Waals surface area contributed by atoms with Gasteiger partial charge in [-0.3, -0.25) is 4.79 Å². The summed E-state index contributed by atoms with van der Waals surface area (Å²) in [6.07, 6.45) is 5.64. The largest absolute Gasteiger partial charge is 0.370 e. The van der Waals surface area contributed by atoms with Crippen LogP contribution in [0.15, 0.2) is 47.5 Å². The minimum atomic E-state index is -3.77. The quantitative estimate of drug-likeness (QED) is 0.592. The third kappa shape index (κ3) is 4.67. The van der Waals surface area contributed by atoms with E-state index in [0.717, 1.165) is 43.6 Å². The number of nitrogens with zero attached hydrogens (tertiary/aromatic N) is 1. The Morgan fingerprint density at radius 2 is 1.80 bits per heavy atom. The Morgan fingerprint density at radius 3 is 2.50 bits per heavy atom. The average molecular weight is 430 g/mol. The van der Waals surface area contributed by atoms with E-state index in [0.29, 0.717) is 29.8 Å². The first-order chi connectivity index (χ1) is 14.4. The number of pyridine rings is 1. The molecule has 6 nitrogen and oxygen atoms in total. The third-order valence-corrected chi connectivity index (χ3v) is 8.47. The van der Waals surface area contributed by atoms with Crippen molar-refractivity contribution in [1.29, 1.82) is 0 Å². The van der Waals surface area contributed by atoms with Crippen LogP contribution in [0, 0.1) is 13.8 Å². The first-order valence-electron chi connectivity index (χ1n) is 10.6. The van der Waals surface area contributed by atoms with E-state index in [1.165, 1.54) is 0 Å². The molecule has 3 rings (SSSR count). The van der Waals surface area contributed by atoms with Crippen LogP contribution in [0.25, 0.3) is 0 Å². The highest BCUT2D eigenvalue weighted by atomic mass is 32.2. The summed E-state index contributed by atoms with van der Waals surface area (Å²) in [5.74, 6) is 0.477. The summed E-state index contributed by atoms with van der Waals surface area (Å²) in [5.41, 5.74) is 1.58. The molecule has 0 atom stereocenters. The van der Waals surface area contributed by atoms with Gasteiger partial charge in [-0.25, -0.2) is 13.4 Å². The molecular formula is C23H31N3O3S. The molecule has 30 heavy (non-hydrogen) atoms. The second kappa shape index (κ2) is 9.60. The van der Waals surface area contributed by atoms with Crippen LogP contribution in [0.5, 0.6) is 0 Å². The van der Waals surface area contributed by atoms with Gasteiger partial charge in [0, 0.05) is 19.3 Å². The predicted octanol–water partition coefficient (Wildman–Crippen LogP) is 3.79. The van der Waals surface area contributed by atoms with Crippen molar-refractivity contribution in [2.24, 2.45) is 0 Å². The molecule has 1 amide bonds. The minimum absolute atomic E-state index is 0.291. The van der Waals surface area contributed by atoms with Crippen LogP contribution in [0.1, 0.15) is 49.7 Å². The highest BCUT2D eigenvalue weighted by molar-refractivity contribution is 7.93. The van der Waals surface area contributed by atoms with Crippen molar-refractivity contribution in [3.05, 3.63) is 53.7 Å². The summed E-state index contributed by atoms with van der Waals surface area (Å²) in [5, 5.41) is 6.15. The molecule has 1 fully saturated rings. The second-order valence-electron chi connectivity index (χ2n) is 8.08. The zero-order valence-corrected chi connectivity index (χ0v) is 18.6. The fraction of sp³-hybridized carbons (Fsp3) is 0.478. The van der Waals surface area contributed by atoms with Crippen molar-refractivity contribution in [1.82, 2.24) is 10.3 Å². The van der Waals surface area contributed by atoms with Crippen molar-refractivity contribution in [3.63, 3.8) is 0 Å². The monoisotopic (exact) mass is 429 g/mol. The number of anilines is 1. The molecule has 1 saturated carbocycles. The topological polar surface area (TPSA) is 88.2 Å². The number of hydrogen-bond acceptors (Lipinski definition) is 5. The first-order valence-corrected chi connectivity index (χ1v) is 12.1. The molecule has 2 aromatic rings. The van der Waals surface area contributed by atoms with Crippen LogP contribution in [0.4, 0.5) is 5.82 Å². The zero-order chi connectivity index (χ0) is 21.6. The summed E-state index contributed by atoms with van der Waals surface area (Å²) in [6, 6.07) is 11.1. The number of unbranched alkanes of at least 4 members (excludes halogenated alkanes) is 1. The lowest BCUT2D eigenvalue weighted by Crippen LogP contribution is -2.51. The minimum Gasteiger partial charge on any atom is -0.370 e. The third-order valence-electron chi connectivity index (χ3n) is 5.83. The highest BCUT2D eigenvalue weighted by Crippen LogP contribution is 2.41. The molecule has 0 saturated heterocycles. The lowest BCUT2D eigenvalue weighted by Gasteiger charge is -2.28. The van der Waals surface area contributed by atoms with Gasteiger partial charge in [-0.05, 0) is 68.9 Å². The molecule has 2 N–H and O–H groups in total. The molecule has 0 bridgehead atoms. The summed E-state index contributed by atoms with van der Waals surface area (Å²) >= 11 is 0. The SMILES string of the molecule is Cc1ccc(C)c(S(=O)(=O)C2(C(=O)NCCCCNc3ccccn3)CCCC2)c1. The molecule has 0 aliphatic heterocycles. The van der Waals surface area contributed by atoms with E-state index in [-0.39, 0.29) is 5.91 Å². The van der Waals surface area contributed by atoms with Crippen molar-refractivity contribution in [2.45, 2.75) is 62.0 Å². The number of rotatable bonds is 9. The maximum Gasteiger partial charge on any atom is 0.241 e. The van der Waals surface area contributed by atoms with Gasteiger partial charge in [-0.2, -0.15) is 0 Å². The van der Waals surface area contributed by atoms with E-state index in [1.54, 1.807) is 19.2 Å². The number of carbonyl (C=O) groups is 1. The molecule has 1 aliphatic carbocycles. The number of nitrogens with one attached hydrogen (secondary N) is 2. The fourth-order valence-corrected chi connectivity index (χ4v) is 6.46. The van der Waals surface area contributed by atoms with Crippen molar-refractivity contribution >= 4 is 21.6 Å². The number of sulfone groups is 1. The van der Waals surface area contributed by atoms with Gasteiger partial charge in [0.15, 0.2) is 14.6 Å². The molecule has 1 aliphatic rings. The number of benzene rings is 1. The Bertz CT molecular complexity index is 968. The molecule has 1 heterocycles. The zero-order valence-electron chi connectivity index (χ0n) is 17.8. The van der Waals surface area contributed by atoms with Gasteiger partial charge < -0.3 is 10.6 Å². The van der Waals surface area contributed by atoms with Gasteiger partial charge in [-0.15, -0.1) is 0 Å². The van der Waals surface area contributed by atoms with Gasteiger partial charge in [0.2, 0.25) is 5.91 Å². The van der Waals surface area contributed by atoms with E-state index in [4.69, 9.17) is 0 Å². The Kier molecular flexibility index (Phi) is 7.13. The number of hydrogen-bond donors (Lipinski definition) is 2. The first kappa shape index (κ1) is 22.3. The Hall–Kier alpha value is -2.41. The van der Waals surface area contributed by atoms with E-state index in [9.17, 15) is 13.2 Å². The summed E-state index contributed by atoms with van der Waals surface area (Å²) < 4.78 is 25.8. The van der Waals surface area contributed by atoms with Gasteiger partial charge >= 0.3 is 0 Å². The molecule has 0 spiro atoms. The highest BCUT2D eigenvalue weighted by Gasteiger charge is 2.53. The van der Waals surface area contributed by atoms with Crippen molar-refractivity contribution < 1.29 is 13.2 Å². The normalized spacial score (nSPS) is 15.7.